The van der Waals surface area contributed by atoms with Gasteiger partial charge in [-0.05, 0) is 7.05 Å². The van der Waals surface area contributed by atoms with Crippen LogP contribution in [0, 0.1) is 0 Å². The molecule has 0 aliphatic heterocycles. The lowest BCUT2D eigenvalue weighted by Gasteiger charge is -2.23. The van der Waals surface area contributed by atoms with Crippen LogP contribution in [0.25, 0.3) is 0 Å². The van der Waals surface area contributed by atoms with Crippen LogP contribution in [0.15, 0.2) is 0 Å². The Hall–Kier alpha value is -0.610. The molecular formula is C8H19N2O2+. The van der Waals surface area contributed by atoms with Crippen LogP contribution in [0.2, 0.25) is 0 Å². The maximum absolute atomic E-state index is 10.8. The van der Waals surface area contributed by atoms with Crippen LogP contribution >= 0.6 is 0 Å². The van der Waals surface area contributed by atoms with Crippen molar-refractivity contribution >= 4 is 5.97 Å². The van der Waals surface area contributed by atoms with E-state index in [-0.39, 0.29) is 12.5 Å². The number of esters is 1. The quantitative estimate of drug-likeness (QED) is 0.450. The molecule has 0 saturated heterocycles. The van der Waals surface area contributed by atoms with E-state index < -0.39 is 0 Å². The lowest BCUT2D eigenvalue weighted by molar-refractivity contribution is -0.870. The summed E-state index contributed by atoms with van der Waals surface area (Å²) in [5.74, 6) is -0.189. The normalized spacial score (nSPS) is 11.3. The third-order valence-electron chi connectivity index (χ3n) is 1.35. The molecule has 0 rings (SSSR count). The Balaban J connectivity index is 3.37. The van der Waals surface area contributed by atoms with Gasteiger partial charge in [-0.2, -0.15) is 0 Å². The predicted molar refractivity (Wildman–Crippen MR) is 47.8 cm³/mol. The number of carbonyl (C=O) groups excluding carboxylic acids is 1. The van der Waals surface area contributed by atoms with Gasteiger partial charge in [0, 0.05) is 0 Å². The van der Waals surface area contributed by atoms with Crippen molar-refractivity contribution in [2.24, 2.45) is 0 Å². The van der Waals surface area contributed by atoms with Crippen LogP contribution in [0.1, 0.15) is 0 Å². The minimum absolute atomic E-state index is 0.189. The molecule has 4 nitrogen and oxygen atoms in total. The first-order valence-electron chi connectivity index (χ1n) is 4.06. The molecule has 0 aliphatic rings. The number of nitrogens with one attached hydrogen (secondary N) is 1. The summed E-state index contributed by atoms with van der Waals surface area (Å²) >= 11 is 0. The average Bonchev–Trinajstić information content (AvgIpc) is 1.84. The Morgan fingerprint density at radius 1 is 1.42 bits per heavy atom. The Bertz CT molecular complexity index is 140. The van der Waals surface area contributed by atoms with Crippen LogP contribution in [-0.2, 0) is 9.53 Å². The molecule has 0 saturated carbocycles. The van der Waals surface area contributed by atoms with Crippen molar-refractivity contribution in [1.29, 1.82) is 0 Å². The highest BCUT2D eigenvalue weighted by atomic mass is 16.5. The molecule has 4 heteroatoms. The highest BCUT2D eigenvalue weighted by Crippen LogP contribution is 1.89. The first-order chi connectivity index (χ1) is 5.45. The van der Waals surface area contributed by atoms with Crippen LogP contribution in [0.5, 0.6) is 0 Å². The van der Waals surface area contributed by atoms with Crippen molar-refractivity contribution in [1.82, 2.24) is 5.32 Å². The number of nitrogens with zero attached hydrogens (tertiary/aromatic N) is 1. The fourth-order valence-electron chi connectivity index (χ4n) is 0.629. The van der Waals surface area contributed by atoms with Gasteiger partial charge in [0.2, 0.25) is 0 Å². The molecule has 0 radical (unpaired) electrons. The van der Waals surface area contributed by atoms with Crippen molar-refractivity contribution in [2.75, 3.05) is 47.9 Å². The summed E-state index contributed by atoms with van der Waals surface area (Å²) in [6.07, 6.45) is 0. The van der Waals surface area contributed by atoms with E-state index >= 15 is 0 Å². The molecule has 12 heavy (non-hydrogen) atoms. The lowest BCUT2D eigenvalue weighted by atomic mass is 10.5. The first-order valence-corrected chi connectivity index (χ1v) is 4.06. The Labute approximate surface area is 74.1 Å². The van der Waals surface area contributed by atoms with E-state index in [1.54, 1.807) is 7.05 Å². The van der Waals surface area contributed by atoms with Gasteiger partial charge in [-0.15, -0.1) is 0 Å². The molecule has 72 valence electrons. The van der Waals surface area contributed by atoms with E-state index in [9.17, 15) is 4.79 Å². The number of quaternary nitrogens is 1. The molecule has 0 aliphatic carbocycles. The van der Waals surface area contributed by atoms with E-state index in [0.717, 1.165) is 11.0 Å². The van der Waals surface area contributed by atoms with Crippen molar-refractivity contribution in [3.8, 4) is 0 Å². The summed E-state index contributed by atoms with van der Waals surface area (Å²) in [5, 5.41) is 2.74. The molecule has 0 atom stereocenters. The van der Waals surface area contributed by atoms with Crippen molar-refractivity contribution in [2.45, 2.75) is 0 Å². The van der Waals surface area contributed by atoms with Gasteiger partial charge in [0.25, 0.3) is 0 Å². The highest BCUT2D eigenvalue weighted by Gasteiger charge is 2.08. The first kappa shape index (κ1) is 11.4. The van der Waals surface area contributed by atoms with E-state index in [4.69, 9.17) is 4.74 Å². The molecule has 0 unspecified atom stereocenters. The second-order valence-corrected chi connectivity index (χ2v) is 3.76. The lowest BCUT2D eigenvalue weighted by Crippen LogP contribution is -2.38. The molecule has 0 aromatic carbocycles. The Kier molecular flexibility index (Phi) is 4.85. The van der Waals surface area contributed by atoms with Gasteiger partial charge < -0.3 is 14.5 Å². The summed E-state index contributed by atoms with van der Waals surface area (Å²) in [7, 11) is 7.91. The molecular weight excluding hydrogens is 156 g/mol. The van der Waals surface area contributed by atoms with Crippen LogP contribution < -0.4 is 5.32 Å². The maximum atomic E-state index is 10.8. The molecule has 0 bridgehead atoms. The number of rotatable bonds is 5. The molecule has 0 heterocycles. The Morgan fingerprint density at radius 2 is 2.00 bits per heavy atom. The number of ether oxygens (including phenoxy) is 1. The minimum atomic E-state index is -0.189. The smallest absolute Gasteiger partial charge is 0.320 e. The molecule has 0 aromatic rings. The second kappa shape index (κ2) is 5.11. The highest BCUT2D eigenvalue weighted by molar-refractivity contribution is 5.71. The number of likely N-dealkylation sites (N-methyl/N-ethyl adjacent to an activating group) is 2. The zero-order valence-electron chi connectivity index (χ0n) is 8.39. The van der Waals surface area contributed by atoms with Crippen LogP contribution in [0.3, 0.4) is 0 Å². The van der Waals surface area contributed by atoms with Crippen LogP contribution in [0.4, 0.5) is 0 Å². The number of carbonyl (C=O) groups is 1. The van der Waals surface area contributed by atoms with E-state index in [1.165, 1.54) is 0 Å². The zero-order chi connectivity index (χ0) is 9.61. The van der Waals surface area contributed by atoms with Gasteiger partial charge in [0.1, 0.15) is 13.2 Å². The maximum Gasteiger partial charge on any atom is 0.320 e. The van der Waals surface area contributed by atoms with Gasteiger partial charge in [0.15, 0.2) is 0 Å². The monoisotopic (exact) mass is 175 g/mol. The van der Waals surface area contributed by atoms with E-state index in [2.05, 4.69) is 26.5 Å². The van der Waals surface area contributed by atoms with Crippen LogP contribution in [-0.4, -0.2) is 58.3 Å². The summed E-state index contributed by atoms with van der Waals surface area (Å²) in [6.45, 7) is 1.62. The molecule has 0 amide bonds. The third kappa shape index (κ3) is 7.50. The third-order valence-corrected chi connectivity index (χ3v) is 1.35. The largest absolute Gasteiger partial charge is 0.459 e. The number of hydrogen-bond donors (Lipinski definition) is 1. The van der Waals surface area contributed by atoms with Gasteiger partial charge in [-0.25, -0.2) is 0 Å². The average molecular weight is 175 g/mol. The fraction of sp³-hybridized carbons (Fsp3) is 0.875. The summed E-state index contributed by atoms with van der Waals surface area (Å²) < 4.78 is 5.75. The molecule has 0 spiro atoms. The molecule has 0 aromatic heterocycles. The standard InChI is InChI=1S/C8H19N2O2/c1-9-7-8(11)12-6-5-10(2,3)4/h9H,5-7H2,1-4H3/q+1. The van der Waals surface area contributed by atoms with Gasteiger partial charge >= 0.3 is 5.97 Å². The second-order valence-electron chi connectivity index (χ2n) is 3.76. The fourth-order valence-corrected chi connectivity index (χ4v) is 0.629. The van der Waals surface area contributed by atoms with Gasteiger partial charge in [0.05, 0.1) is 27.7 Å². The summed E-state index contributed by atoms with van der Waals surface area (Å²) in [4.78, 5) is 10.8. The SMILES string of the molecule is CNCC(=O)OCC[N+](C)(C)C. The van der Waals surface area contributed by atoms with Crippen molar-refractivity contribution in [3.05, 3.63) is 0 Å². The Morgan fingerprint density at radius 3 is 2.42 bits per heavy atom. The predicted octanol–water partition coefficient (Wildman–Crippen LogP) is -0.545. The summed E-state index contributed by atoms with van der Waals surface area (Å²) in [5.41, 5.74) is 0. The van der Waals surface area contributed by atoms with Gasteiger partial charge in [-0.3, -0.25) is 4.79 Å². The molecule has 0 fully saturated rings. The zero-order valence-corrected chi connectivity index (χ0v) is 8.39. The number of hydrogen-bond acceptors (Lipinski definition) is 3. The van der Waals surface area contributed by atoms with Crippen molar-refractivity contribution in [3.63, 3.8) is 0 Å². The molecule has 1 N–H and O–H groups in total. The van der Waals surface area contributed by atoms with E-state index in [0.29, 0.717) is 6.61 Å². The summed E-state index contributed by atoms with van der Waals surface area (Å²) in [6, 6.07) is 0. The topological polar surface area (TPSA) is 38.3 Å². The van der Waals surface area contributed by atoms with Crippen molar-refractivity contribution < 1.29 is 14.0 Å². The minimum Gasteiger partial charge on any atom is -0.459 e. The van der Waals surface area contributed by atoms with E-state index in [1.807, 2.05) is 0 Å². The van der Waals surface area contributed by atoms with Gasteiger partial charge in [-0.1, -0.05) is 0 Å².